The molecule has 0 spiro atoms. The van der Waals surface area contributed by atoms with Gasteiger partial charge in [0, 0.05) is 5.56 Å². The molecule has 0 aromatic heterocycles. The Labute approximate surface area is 79.5 Å². The number of hydrogen-bond acceptors (Lipinski definition) is 5. The van der Waals surface area contributed by atoms with Gasteiger partial charge in [-0.05, 0) is 20.6 Å². The number of rotatable bonds is 2. The van der Waals surface area contributed by atoms with Gasteiger partial charge in [0.05, 0.1) is 10.2 Å². The van der Waals surface area contributed by atoms with Crippen molar-refractivity contribution in [1.29, 1.82) is 0 Å². The van der Waals surface area contributed by atoms with E-state index < -0.39 is 23.5 Å². The van der Waals surface area contributed by atoms with E-state index in [0.717, 1.165) is 6.07 Å². The van der Waals surface area contributed by atoms with E-state index in [-0.39, 0.29) is 5.56 Å². The zero-order valence-electron chi connectivity index (χ0n) is 7.17. The Bertz CT molecular complexity index is 424. The van der Waals surface area contributed by atoms with Gasteiger partial charge in [0.25, 0.3) is 5.69 Å². The molecule has 6 nitrogen and oxygen atoms in total. The average molecular weight is 215 g/mol. The molecule has 0 fully saturated rings. The van der Waals surface area contributed by atoms with Crippen LogP contribution in [0.2, 0.25) is 0 Å². The zero-order chi connectivity index (χ0) is 10.9. The maximum absolute atomic E-state index is 10.7. The molecule has 7 heteroatoms. The highest BCUT2D eigenvalue weighted by molar-refractivity contribution is 7.57. The summed E-state index contributed by atoms with van der Waals surface area (Å²) >= 11 is 0. The SMILES string of the molecule is Cc1cccc(P(=O)([O-])[O-])c1[N+](=O)[O-]. The van der Waals surface area contributed by atoms with Crippen molar-refractivity contribution in [2.45, 2.75) is 6.92 Å². The molecule has 14 heavy (non-hydrogen) atoms. The minimum atomic E-state index is -5.08. The first-order valence-electron chi connectivity index (χ1n) is 3.60. The van der Waals surface area contributed by atoms with E-state index in [2.05, 4.69) is 0 Å². The van der Waals surface area contributed by atoms with E-state index in [1.807, 2.05) is 0 Å². The predicted octanol–water partition coefficient (Wildman–Crippen LogP) is -0.558. The van der Waals surface area contributed by atoms with Crippen molar-refractivity contribution in [3.8, 4) is 0 Å². The summed E-state index contributed by atoms with van der Waals surface area (Å²) in [6, 6.07) is 3.60. The molecule has 0 bridgehead atoms. The van der Waals surface area contributed by atoms with Gasteiger partial charge in [-0.1, -0.05) is 12.1 Å². The van der Waals surface area contributed by atoms with Gasteiger partial charge in [-0.25, -0.2) is 0 Å². The fourth-order valence-corrected chi connectivity index (χ4v) is 1.89. The molecule has 0 heterocycles. The average Bonchev–Trinajstić information content (AvgIpc) is 2.01. The Morgan fingerprint density at radius 3 is 2.29 bits per heavy atom. The van der Waals surface area contributed by atoms with Crippen LogP contribution in [0.1, 0.15) is 5.56 Å². The number of nitro benzene ring substituents is 1. The quantitative estimate of drug-likeness (QED) is 0.373. The summed E-state index contributed by atoms with van der Waals surface area (Å²) in [5.41, 5.74) is -0.486. The Morgan fingerprint density at radius 1 is 1.36 bits per heavy atom. The highest BCUT2D eigenvalue weighted by atomic mass is 31.2. The third kappa shape index (κ3) is 1.98. The van der Waals surface area contributed by atoms with Crippen molar-refractivity contribution >= 4 is 18.6 Å². The molecule has 76 valence electrons. The summed E-state index contributed by atoms with van der Waals surface area (Å²) in [7, 11) is -5.08. The molecule has 0 saturated heterocycles. The van der Waals surface area contributed by atoms with E-state index in [9.17, 15) is 24.5 Å². The van der Waals surface area contributed by atoms with Crippen LogP contribution in [0.4, 0.5) is 5.69 Å². The normalized spacial score (nSPS) is 11.4. The van der Waals surface area contributed by atoms with Gasteiger partial charge >= 0.3 is 0 Å². The molecule has 0 aliphatic heterocycles. The number of para-hydroxylation sites is 1. The van der Waals surface area contributed by atoms with Crippen molar-refractivity contribution in [2.75, 3.05) is 0 Å². The summed E-state index contributed by atoms with van der Waals surface area (Å²) in [6.45, 7) is 1.37. The van der Waals surface area contributed by atoms with Crippen LogP contribution in [0.3, 0.4) is 0 Å². The molecular formula is C7H6NO5P-2. The van der Waals surface area contributed by atoms with Crippen LogP contribution in [0.5, 0.6) is 0 Å². The lowest BCUT2D eigenvalue weighted by molar-refractivity contribution is -0.385. The van der Waals surface area contributed by atoms with E-state index in [1.54, 1.807) is 0 Å². The number of nitrogens with zero attached hydrogens (tertiary/aromatic N) is 1. The lowest BCUT2D eigenvalue weighted by atomic mass is 10.2. The third-order valence-electron chi connectivity index (χ3n) is 1.69. The first-order chi connectivity index (χ1) is 6.34. The van der Waals surface area contributed by atoms with Gasteiger partial charge in [-0.2, -0.15) is 0 Å². The van der Waals surface area contributed by atoms with Crippen molar-refractivity contribution in [1.82, 2.24) is 0 Å². The predicted molar refractivity (Wildman–Crippen MR) is 45.1 cm³/mol. The second-order valence-corrected chi connectivity index (χ2v) is 4.17. The molecule has 0 atom stereocenters. The van der Waals surface area contributed by atoms with Crippen LogP contribution in [-0.4, -0.2) is 4.92 Å². The highest BCUT2D eigenvalue weighted by Crippen LogP contribution is 2.30. The van der Waals surface area contributed by atoms with Gasteiger partial charge in [-0.15, -0.1) is 0 Å². The van der Waals surface area contributed by atoms with Crippen molar-refractivity contribution in [3.05, 3.63) is 33.9 Å². The molecule has 0 amide bonds. The molecule has 1 aromatic rings. The standard InChI is InChI=1S/C7H8NO5P/c1-5-3-2-4-6(14(11,12)13)7(5)8(9)10/h2-4H,1H3,(H2,11,12,13)/p-2. The van der Waals surface area contributed by atoms with Gasteiger partial charge in [0.15, 0.2) is 0 Å². The van der Waals surface area contributed by atoms with Gasteiger partial charge in [-0.3, -0.25) is 10.1 Å². The van der Waals surface area contributed by atoms with Crippen LogP contribution in [0.25, 0.3) is 0 Å². The molecule has 1 aromatic carbocycles. The first-order valence-corrected chi connectivity index (χ1v) is 5.15. The second-order valence-electron chi connectivity index (χ2n) is 2.70. The minimum Gasteiger partial charge on any atom is -0.807 e. The fourth-order valence-electron chi connectivity index (χ4n) is 1.10. The van der Waals surface area contributed by atoms with Crippen LogP contribution >= 0.6 is 7.60 Å². The van der Waals surface area contributed by atoms with Crippen LogP contribution in [-0.2, 0) is 4.57 Å². The Balaban J connectivity index is 3.52. The van der Waals surface area contributed by atoms with E-state index in [1.165, 1.54) is 19.1 Å². The lowest BCUT2D eigenvalue weighted by Crippen LogP contribution is -2.27. The number of aryl methyl sites for hydroxylation is 1. The van der Waals surface area contributed by atoms with E-state index in [0.29, 0.717) is 0 Å². The number of benzene rings is 1. The van der Waals surface area contributed by atoms with E-state index in [4.69, 9.17) is 0 Å². The largest absolute Gasteiger partial charge is 0.807 e. The van der Waals surface area contributed by atoms with Gasteiger partial charge in [0.2, 0.25) is 0 Å². The monoisotopic (exact) mass is 215 g/mol. The maximum atomic E-state index is 10.7. The van der Waals surface area contributed by atoms with Crippen LogP contribution < -0.4 is 15.1 Å². The number of nitro groups is 1. The Hall–Kier alpha value is -1.23. The molecule has 0 aliphatic carbocycles. The fraction of sp³-hybridized carbons (Fsp3) is 0.143. The third-order valence-corrected chi connectivity index (χ3v) is 2.65. The summed E-state index contributed by atoms with van der Waals surface area (Å²) in [5, 5.41) is 9.73. The Kier molecular flexibility index (Phi) is 2.71. The van der Waals surface area contributed by atoms with Gasteiger partial charge in [0.1, 0.15) is 0 Å². The molecular weight excluding hydrogens is 209 g/mol. The van der Waals surface area contributed by atoms with Gasteiger partial charge < -0.3 is 14.4 Å². The second kappa shape index (κ2) is 3.49. The minimum absolute atomic E-state index is 0.152. The van der Waals surface area contributed by atoms with Crippen molar-refractivity contribution in [3.63, 3.8) is 0 Å². The Morgan fingerprint density at radius 2 is 1.93 bits per heavy atom. The highest BCUT2D eigenvalue weighted by Gasteiger charge is 2.18. The van der Waals surface area contributed by atoms with Crippen LogP contribution in [0.15, 0.2) is 18.2 Å². The lowest BCUT2D eigenvalue weighted by Gasteiger charge is -2.29. The summed E-state index contributed by atoms with van der Waals surface area (Å²) < 4.78 is 10.7. The summed E-state index contributed by atoms with van der Waals surface area (Å²) in [6.07, 6.45) is 0. The molecule has 0 N–H and O–H groups in total. The zero-order valence-corrected chi connectivity index (χ0v) is 8.06. The summed E-state index contributed by atoms with van der Waals surface area (Å²) in [5.74, 6) is 0. The van der Waals surface area contributed by atoms with E-state index >= 15 is 0 Å². The molecule has 0 saturated carbocycles. The van der Waals surface area contributed by atoms with Crippen molar-refractivity contribution in [2.24, 2.45) is 0 Å². The number of hydrogen-bond donors (Lipinski definition) is 0. The first kappa shape index (κ1) is 10.8. The topological polar surface area (TPSA) is 106 Å². The van der Waals surface area contributed by atoms with Crippen LogP contribution in [0, 0.1) is 17.0 Å². The molecule has 1 rings (SSSR count). The molecule has 0 unspecified atom stereocenters. The van der Waals surface area contributed by atoms with Crippen molar-refractivity contribution < 1.29 is 19.3 Å². The maximum Gasteiger partial charge on any atom is 0.280 e. The smallest absolute Gasteiger partial charge is 0.280 e. The summed E-state index contributed by atoms with van der Waals surface area (Å²) in [4.78, 5) is 31.0. The molecule has 0 radical (unpaired) electrons. The molecule has 0 aliphatic rings.